The monoisotopic (exact) mass is 278 g/mol. The van der Waals surface area contributed by atoms with Gasteiger partial charge in [-0.2, -0.15) is 0 Å². The van der Waals surface area contributed by atoms with Crippen molar-refractivity contribution in [2.24, 2.45) is 5.92 Å². The van der Waals surface area contributed by atoms with Crippen LogP contribution in [0.15, 0.2) is 46.9 Å². The Hall–Kier alpha value is -0.770. The van der Waals surface area contributed by atoms with Gasteiger partial charge in [0, 0.05) is 4.90 Å². The van der Waals surface area contributed by atoms with Crippen molar-refractivity contribution in [2.45, 2.75) is 43.8 Å². The molecule has 3 rings (SSSR count). The summed E-state index contributed by atoms with van der Waals surface area (Å²) in [7, 11) is 0. The summed E-state index contributed by atoms with van der Waals surface area (Å²) in [5.41, 5.74) is 1.33. The molecular weight excluding hydrogens is 256 g/mol. The molecule has 1 aromatic rings. The molecule has 1 fully saturated rings. The van der Waals surface area contributed by atoms with Gasteiger partial charge in [0.25, 0.3) is 0 Å². The highest BCUT2D eigenvalue weighted by molar-refractivity contribution is 7.98. The molecular formula is C16H22O2S. The predicted molar refractivity (Wildman–Crippen MR) is 80.1 cm³/mol. The maximum absolute atomic E-state index is 5.20. The smallest absolute Gasteiger partial charge is 0.114 e. The highest BCUT2D eigenvalue weighted by atomic mass is 32.2. The van der Waals surface area contributed by atoms with E-state index in [2.05, 4.69) is 38.3 Å². The van der Waals surface area contributed by atoms with Gasteiger partial charge < -0.3 is 0 Å². The van der Waals surface area contributed by atoms with Crippen molar-refractivity contribution in [1.29, 1.82) is 0 Å². The van der Waals surface area contributed by atoms with Crippen LogP contribution in [0.3, 0.4) is 0 Å². The van der Waals surface area contributed by atoms with Crippen LogP contribution in [0.4, 0.5) is 0 Å². The second-order valence-corrected chi connectivity index (χ2v) is 5.96. The van der Waals surface area contributed by atoms with Crippen molar-refractivity contribution in [2.75, 3.05) is 6.26 Å². The highest BCUT2D eigenvalue weighted by Gasteiger charge is 2.33. The van der Waals surface area contributed by atoms with E-state index in [0.717, 1.165) is 12.8 Å². The van der Waals surface area contributed by atoms with Crippen molar-refractivity contribution in [3.63, 3.8) is 0 Å². The minimum Gasteiger partial charge on any atom is -0.233 e. The number of benzene rings is 1. The molecule has 0 amide bonds. The fourth-order valence-electron chi connectivity index (χ4n) is 2.31. The lowest BCUT2D eigenvalue weighted by Crippen LogP contribution is -2.36. The fraction of sp³-hybridized carbons (Fsp3) is 0.500. The number of hydrogen-bond acceptors (Lipinski definition) is 3. The van der Waals surface area contributed by atoms with Gasteiger partial charge in [-0.1, -0.05) is 24.3 Å². The van der Waals surface area contributed by atoms with Gasteiger partial charge in [0.05, 0.1) is 6.10 Å². The Morgan fingerprint density at radius 2 is 1.89 bits per heavy atom. The molecule has 0 radical (unpaired) electrons. The molecule has 1 aromatic carbocycles. The third-order valence-electron chi connectivity index (χ3n) is 3.73. The summed E-state index contributed by atoms with van der Waals surface area (Å²) >= 11 is 1.77. The van der Waals surface area contributed by atoms with E-state index in [1.807, 2.05) is 18.2 Å². The van der Waals surface area contributed by atoms with Gasteiger partial charge in [0.1, 0.15) is 6.10 Å². The zero-order valence-corrected chi connectivity index (χ0v) is 12.7. The van der Waals surface area contributed by atoms with Gasteiger partial charge in [-0.3, -0.25) is 0 Å². The van der Waals surface area contributed by atoms with Gasteiger partial charge in [0.15, 0.2) is 0 Å². The van der Waals surface area contributed by atoms with Crippen LogP contribution in [0.25, 0.3) is 0 Å². The van der Waals surface area contributed by atoms with Gasteiger partial charge in [0.2, 0.25) is 0 Å². The third-order valence-corrected chi connectivity index (χ3v) is 4.48. The standard InChI is InChI=1S/C9H14O2.C7H8S/c1-6-3-4-8-5-9(6)11-10-7(8)2;1-8-7-5-3-2-4-6-7/h3,7-9H,4-5H2,1-2H3;2-6H,1H3. The lowest BCUT2D eigenvalue weighted by atomic mass is 9.84. The molecule has 0 aromatic heterocycles. The zero-order valence-electron chi connectivity index (χ0n) is 11.8. The fourth-order valence-corrected chi connectivity index (χ4v) is 2.74. The lowest BCUT2D eigenvalue weighted by Gasteiger charge is -2.36. The minimum absolute atomic E-state index is 0.241. The number of rotatable bonds is 1. The molecule has 0 saturated carbocycles. The Bertz CT molecular complexity index is 416. The molecule has 2 nitrogen and oxygen atoms in total. The Balaban J connectivity index is 0.000000148. The molecule has 1 aliphatic heterocycles. The summed E-state index contributed by atoms with van der Waals surface area (Å²) in [5, 5.41) is 0. The van der Waals surface area contributed by atoms with Crippen LogP contribution in [-0.2, 0) is 9.78 Å². The van der Waals surface area contributed by atoms with Crippen molar-refractivity contribution in [3.8, 4) is 0 Å². The topological polar surface area (TPSA) is 18.5 Å². The molecule has 0 spiro atoms. The Kier molecular flexibility index (Phi) is 5.49. The van der Waals surface area contributed by atoms with Crippen LogP contribution >= 0.6 is 11.8 Å². The first-order chi connectivity index (χ1) is 9.20. The van der Waals surface area contributed by atoms with Crippen molar-refractivity contribution in [1.82, 2.24) is 0 Å². The first kappa shape index (κ1) is 14.6. The van der Waals surface area contributed by atoms with Crippen LogP contribution in [0.1, 0.15) is 26.7 Å². The molecule has 3 unspecified atom stereocenters. The van der Waals surface area contributed by atoms with E-state index in [9.17, 15) is 0 Å². The molecule has 0 N–H and O–H groups in total. The molecule has 1 heterocycles. The van der Waals surface area contributed by atoms with E-state index in [1.165, 1.54) is 10.5 Å². The van der Waals surface area contributed by atoms with E-state index in [1.54, 1.807) is 11.8 Å². The Labute approximate surface area is 120 Å². The molecule has 3 heteroatoms. The van der Waals surface area contributed by atoms with E-state index in [0.29, 0.717) is 5.92 Å². The molecule has 2 aliphatic rings. The van der Waals surface area contributed by atoms with Gasteiger partial charge >= 0.3 is 0 Å². The normalized spacial score (nSPS) is 29.0. The average molecular weight is 278 g/mol. The highest BCUT2D eigenvalue weighted by Crippen LogP contribution is 2.33. The quantitative estimate of drug-likeness (QED) is 0.429. The van der Waals surface area contributed by atoms with Crippen molar-refractivity contribution < 1.29 is 9.78 Å². The van der Waals surface area contributed by atoms with Crippen LogP contribution in [0.5, 0.6) is 0 Å². The van der Waals surface area contributed by atoms with Gasteiger partial charge in [-0.25, -0.2) is 9.78 Å². The summed E-state index contributed by atoms with van der Waals surface area (Å²) in [6, 6.07) is 10.3. The van der Waals surface area contributed by atoms with E-state index >= 15 is 0 Å². The lowest BCUT2D eigenvalue weighted by molar-refractivity contribution is -0.376. The first-order valence-corrected chi connectivity index (χ1v) is 8.01. The summed E-state index contributed by atoms with van der Waals surface area (Å²) in [4.78, 5) is 11.7. The van der Waals surface area contributed by atoms with E-state index < -0.39 is 0 Å². The second kappa shape index (κ2) is 7.13. The molecule has 2 bridgehead atoms. The van der Waals surface area contributed by atoms with Crippen LogP contribution in [-0.4, -0.2) is 18.5 Å². The predicted octanol–water partition coefficient (Wildman–Crippen LogP) is 4.47. The summed E-state index contributed by atoms with van der Waals surface area (Å²) < 4.78 is 0. The Morgan fingerprint density at radius 1 is 1.16 bits per heavy atom. The molecule has 104 valence electrons. The van der Waals surface area contributed by atoms with Crippen LogP contribution in [0.2, 0.25) is 0 Å². The molecule has 19 heavy (non-hydrogen) atoms. The average Bonchev–Trinajstić information content (AvgIpc) is 2.47. The zero-order chi connectivity index (χ0) is 13.7. The molecule has 1 aliphatic carbocycles. The summed E-state index contributed by atoms with van der Waals surface area (Å²) in [6.07, 6.45) is 7.17. The van der Waals surface area contributed by atoms with E-state index in [4.69, 9.17) is 9.78 Å². The van der Waals surface area contributed by atoms with Crippen LogP contribution in [0, 0.1) is 5.92 Å². The number of hydrogen-bond donors (Lipinski definition) is 0. The van der Waals surface area contributed by atoms with E-state index in [-0.39, 0.29) is 12.2 Å². The molecule has 1 saturated heterocycles. The largest absolute Gasteiger partial charge is 0.233 e. The number of allylic oxidation sites excluding steroid dienone is 1. The first-order valence-electron chi connectivity index (χ1n) is 6.78. The van der Waals surface area contributed by atoms with Crippen LogP contribution < -0.4 is 0 Å². The maximum Gasteiger partial charge on any atom is 0.114 e. The number of fused-ring (bicyclic) bond motifs is 2. The second-order valence-electron chi connectivity index (χ2n) is 5.08. The summed E-state index contributed by atoms with van der Waals surface area (Å²) in [5.74, 6) is 0.678. The Morgan fingerprint density at radius 3 is 2.53 bits per heavy atom. The number of thioether (sulfide) groups is 1. The van der Waals surface area contributed by atoms with Crippen molar-refractivity contribution >= 4 is 11.8 Å². The minimum atomic E-state index is 0.241. The van der Waals surface area contributed by atoms with Gasteiger partial charge in [-0.15, -0.1) is 11.8 Å². The maximum atomic E-state index is 5.20. The summed E-state index contributed by atoms with van der Waals surface area (Å²) in [6.45, 7) is 4.19. The van der Waals surface area contributed by atoms with Crippen molar-refractivity contribution in [3.05, 3.63) is 42.0 Å². The van der Waals surface area contributed by atoms with Gasteiger partial charge in [-0.05, 0) is 56.6 Å². The third kappa shape index (κ3) is 4.10. The SMILES string of the molecule is CC1=CCC2CC1OOC2C.CSc1ccccc1. The molecule has 3 atom stereocenters.